The second-order valence-electron chi connectivity index (χ2n) is 2.74. The van der Waals surface area contributed by atoms with E-state index in [4.69, 9.17) is 16.0 Å². The molecule has 0 bridgehead atoms. The molecular formula is C10H17NO4. The van der Waals surface area contributed by atoms with Gasteiger partial charge in [0.1, 0.15) is 0 Å². The fourth-order valence-electron chi connectivity index (χ4n) is 1.08. The number of nitrogens with zero attached hydrogens (tertiary/aromatic N) is 1. The van der Waals surface area contributed by atoms with Gasteiger partial charge < -0.3 is 19.1 Å². The Labute approximate surface area is 90.1 Å². The van der Waals surface area contributed by atoms with Gasteiger partial charge in [-0.05, 0) is 13.8 Å². The van der Waals surface area contributed by atoms with E-state index < -0.39 is 18.3 Å². The van der Waals surface area contributed by atoms with Gasteiger partial charge in [-0.15, -0.1) is 0 Å². The van der Waals surface area contributed by atoms with Gasteiger partial charge in [0.15, 0.2) is 6.29 Å². The van der Waals surface area contributed by atoms with Crippen molar-refractivity contribution in [2.24, 2.45) is 0 Å². The summed E-state index contributed by atoms with van der Waals surface area (Å²) in [5.41, 5.74) is 0. The second kappa shape index (κ2) is 8.21. The lowest BCUT2D eigenvalue weighted by atomic mass is 10.2. The summed E-state index contributed by atoms with van der Waals surface area (Å²) in [7, 11) is 1.26. The van der Waals surface area contributed by atoms with Gasteiger partial charge in [-0.1, -0.05) is 0 Å². The number of esters is 1. The fourth-order valence-corrected chi connectivity index (χ4v) is 1.08. The lowest BCUT2D eigenvalue weighted by Crippen LogP contribution is -2.28. The molecule has 0 radical (unpaired) electrons. The molecule has 0 aliphatic heterocycles. The van der Waals surface area contributed by atoms with E-state index in [-0.39, 0.29) is 6.42 Å². The van der Waals surface area contributed by atoms with Crippen LogP contribution < -0.4 is 0 Å². The largest absolute Gasteiger partial charge is 0.463 e. The summed E-state index contributed by atoms with van der Waals surface area (Å²) in [5, 5.41) is 0. The summed E-state index contributed by atoms with van der Waals surface area (Å²) in [5.74, 6) is -0.547. The van der Waals surface area contributed by atoms with Crippen LogP contribution in [0.2, 0.25) is 0 Å². The first-order chi connectivity index (χ1) is 7.19. The lowest BCUT2D eigenvalue weighted by Gasteiger charge is -2.16. The Balaban J connectivity index is 4.22. The minimum absolute atomic E-state index is 0.206. The molecule has 0 saturated carbocycles. The normalized spacial score (nSPS) is 12.2. The molecule has 86 valence electrons. The molecule has 0 rings (SSSR count). The number of ether oxygens (including phenoxy) is 3. The van der Waals surface area contributed by atoms with Crippen molar-refractivity contribution in [2.75, 3.05) is 20.3 Å². The highest BCUT2D eigenvalue weighted by atomic mass is 16.7. The highest BCUT2D eigenvalue weighted by Crippen LogP contribution is 2.09. The second-order valence-corrected chi connectivity index (χ2v) is 2.74. The van der Waals surface area contributed by atoms with Crippen LogP contribution in [0.5, 0.6) is 0 Å². The summed E-state index contributed by atoms with van der Waals surface area (Å²) < 4.78 is 15.0. The van der Waals surface area contributed by atoms with Crippen molar-refractivity contribution in [2.45, 2.75) is 32.6 Å². The third-order valence-electron chi connectivity index (χ3n) is 1.75. The van der Waals surface area contributed by atoms with Gasteiger partial charge in [0.25, 0.3) is 0 Å². The zero-order chi connectivity index (χ0) is 11.7. The Bertz CT molecular complexity index is 218. The number of hydrogen-bond acceptors (Lipinski definition) is 4. The molecule has 15 heavy (non-hydrogen) atoms. The van der Waals surface area contributed by atoms with Crippen LogP contribution in [0.1, 0.15) is 20.3 Å². The quantitative estimate of drug-likeness (QED) is 0.364. The third-order valence-corrected chi connectivity index (χ3v) is 1.75. The SMILES string of the molecule is [C-]#[N+]C(CC(OCC)OCC)C(=O)OC. The Kier molecular flexibility index (Phi) is 7.60. The molecule has 0 saturated heterocycles. The average molecular weight is 215 g/mol. The van der Waals surface area contributed by atoms with E-state index in [9.17, 15) is 4.79 Å². The van der Waals surface area contributed by atoms with Crippen LogP contribution in [-0.4, -0.2) is 38.6 Å². The van der Waals surface area contributed by atoms with Gasteiger partial charge in [0.2, 0.25) is 0 Å². The molecule has 0 aliphatic carbocycles. The standard InChI is InChI=1S/C10H17NO4/c1-5-14-9(15-6-2)7-8(11-3)10(12)13-4/h8-9H,5-7H2,1-2,4H3. The van der Waals surface area contributed by atoms with E-state index >= 15 is 0 Å². The Hall–Kier alpha value is -1.12. The van der Waals surface area contributed by atoms with Crippen LogP contribution in [-0.2, 0) is 19.0 Å². The van der Waals surface area contributed by atoms with E-state index in [1.807, 2.05) is 13.8 Å². The maximum Gasteiger partial charge on any atom is 0.390 e. The van der Waals surface area contributed by atoms with Crippen LogP contribution in [0.15, 0.2) is 0 Å². The van der Waals surface area contributed by atoms with E-state index in [1.165, 1.54) is 7.11 Å². The van der Waals surface area contributed by atoms with Crippen molar-refractivity contribution in [3.05, 3.63) is 11.4 Å². The zero-order valence-corrected chi connectivity index (χ0v) is 9.36. The predicted octanol–water partition coefficient (Wildman–Crippen LogP) is 1.24. The molecule has 0 spiro atoms. The van der Waals surface area contributed by atoms with E-state index in [0.29, 0.717) is 13.2 Å². The van der Waals surface area contributed by atoms with Crippen molar-refractivity contribution in [3.63, 3.8) is 0 Å². The van der Waals surface area contributed by atoms with Gasteiger partial charge in [-0.25, -0.2) is 11.4 Å². The van der Waals surface area contributed by atoms with E-state index in [2.05, 4.69) is 9.58 Å². The van der Waals surface area contributed by atoms with Gasteiger partial charge in [-0.3, -0.25) is 0 Å². The van der Waals surface area contributed by atoms with Crippen LogP contribution in [0, 0.1) is 6.57 Å². The Morgan fingerprint density at radius 1 is 1.33 bits per heavy atom. The van der Waals surface area contributed by atoms with E-state index in [0.717, 1.165) is 0 Å². The molecule has 0 fully saturated rings. The van der Waals surface area contributed by atoms with Gasteiger partial charge >= 0.3 is 12.0 Å². The Morgan fingerprint density at radius 3 is 2.20 bits per heavy atom. The first kappa shape index (κ1) is 13.9. The topological polar surface area (TPSA) is 49.1 Å². The monoisotopic (exact) mass is 215 g/mol. The molecule has 0 aromatic carbocycles. The summed E-state index contributed by atoms with van der Waals surface area (Å²) >= 11 is 0. The van der Waals surface area contributed by atoms with Gasteiger partial charge in [0, 0.05) is 13.2 Å². The molecule has 0 aromatic rings. The summed E-state index contributed by atoms with van der Waals surface area (Å²) in [6.07, 6.45) is -0.309. The van der Waals surface area contributed by atoms with Crippen molar-refractivity contribution < 1.29 is 19.0 Å². The zero-order valence-electron chi connectivity index (χ0n) is 9.36. The highest BCUT2D eigenvalue weighted by molar-refractivity contribution is 5.77. The number of methoxy groups -OCH3 is 1. The van der Waals surface area contributed by atoms with Crippen LogP contribution >= 0.6 is 0 Å². The maximum atomic E-state index is 11.1. The molecule has 1 unspecified atom stereocenters. The first-order valence-corrected chi connectivity index (χ1v) is 4.87. The van der Waals surface area contributed by atoms with Gasteiger partial charge in [0.05, 0.1) is 13.5 Å². The highest BCUT2D eigenvalue weighted by Gasteiger charge is 2.29. The number of carbonyl (C=O) groups is 1. The summed E-state index contributed by atoms with van der Waals surface area (Å²) in [4.78, 5) is 14.3. The van der Waals surface area contributed by atoms with Crippen LogP contribution in [0.3, 0.4) is 0 Å². The van der Waals surface area contributed by atoms with Crippen molar-refractivity contribution in [3.8, 4) is 0 Å². The molecular weight excluding hydrogens is 198 g/mol. The molecule has 0 N–H and O–H groups in total. The average Bonchev–Trinajstić information content (AvgIpc) is 2.25. The van der Waals surface area contributed by atoms with Crippen molar-refractivity contribution >= 4 is 5.97 Å². The maximum absolute atomic E-state index is 11.1. The molecule has 0 heterocycles. The predicted molar refractivity (Wildman–Crippen MR) is 54.1 cm³/mol. The Morgan fingerprint density at radius 2 is 1.87 bits per heavy atom. The minimum Gasteiger partial charge on any atom is -0.463 e. The lowest BCUT2D eigenvalue weighted by molar-refractivity contribution is -0.155. The van der Waals surface area contributed by atoms with Crippen LogP contribution in [0.4, 0.5) is 0 Å². The fraction of sp³-hybridized carbons (Fsp3) is 0.800. The van der Waals surface area contributed by atoms with E-state index in [1.54, 1.807) is 0 Å². The van der Waals surface area contributed by atoms with Crippen LogP contribution in [0.25, 0.3) is 4.85 Å². The first-order valence-electron chi connectivity index (χ1n) is 4.87. The third kappa shape index (κ3) is 5.35. The van der Waals surface area contributed by atoms with Gasteiger partial charge in [-0.2, -0.15) is 0 Å². The number of rotatable bonds is 7. The van der Waals surface area contributed by atoms with Crippen molar-refractivity contribution in [1.29, 1.82) is 0 Å². The molecule has 0 aliphatic rings. The number of carbonyl (C=O) groups excluding carboxylic acids is 1. The van der Waals surface area contributed by atoms with Crippen molar-refractivity contribution in [1.82, 2.24) is 0 Å². The molecule has 5 nitrogen and oxygen atoms in total. The minimum atomic E-state index is -0.849. The number of hydrogen-bond donors (Lipinski definition) is 0. The smallest absolute Gasteiger partial charge is 0.390 e. The molecule has 0 aromatic heterocycles. The summed E-state index contributed by atoms with van der Waals surface area (Å²) in [6, 6.07) is -0.849. The molecule has 1 atom stereocenters. The molecule has 5 heteroatoms. The summed E-state index contributed by atoms with van der Waals surface area (Å²) in [6.45, 7) is 11.5. The molecule has 0 amide bonds.